The number of carbonyl (C=O) groups is 1. The van der Waals surface area contributed by atoms with E-state index in [9.17, 15) is 4.79 Å². The van der Waals surface area contributed by atoms with Crippen molar-refractivity contribution in [1.82, 2.24) is 30.2 Å². The third kappa shape index (κ3) is 4.79. The number of aromatic amines is 1. The van der Waals surface area contributed by atoms with Crippen LogP contribution in [0.1, 0.15) is 35.3 Å². The van der Waals surface area contributed by atoms with Gasteiger partial charge in [-0.15, -0.1) is 0 Å². The lowest BCUT2D eigenvalue weighted by atomic mass is 10.1. The number of hydrogen-bond acceptors (Lipinski definition) is 3. The molecule has 0 saturated heterocycles. The number of carbonyl (C=O) groups excluding carboxylic acids is 1. The smallest absolute Gasteiger partial charge is 0.317 e. The summed E-state index contributed by atoms with van der Waals surface area (Å²) in [6.45, 7) is 8.49. The summed E-state index contributed by atoms with van der Waals surface area (Å²) in [4.78, 5) is 14.2. The molecule has 0 saturated carbocycles. The van der Waals surface area contributed by atoms with Gasteiger partial charge in [-0.05, 0) is 57.5 Å². The topological polar surface area (TPSA) is 78.8 Å². The first-order valence-corrected chi connectivity index (χ1v) is 9.47. The molecule has 7 heteroatoms. The minimum Gasteiger partial charge on any atom is -0.335 e. The van der Waals surface area contributed by atoms with E-state index in [2.05, 4.69) is 32.7 Å². The van der Waals surface area contributed by atoms with Gasteiger partial charge in [0.25, 0.3) is 0 Å². The van der Waals surface area contributed by atoms with E-state index >= 15 is 0 Å². The summed E-state index contributed by atoms with van der Waals surface area (Å²) in [6.07, 6.45) is 0.692. The highest BCUT2D eigenvalue weighted by Crippen LogP contribution is 2.15. The first-order valence-electron chi connectivity index (χ1n) is 9.47. The van der Waals surface area contributed by atoms with Crippen LogP contribution in [-0.2, 0) is 13.0 Å². The summed E-state index contributed by atoms with van der Waals surface area (Å²) in [5.41, 5.74) is 6.10. The van der Waals surface area contributed by atoms with E-state index in [0.717, 1.165) is 34.0 Å². The van der Waals surface area contributed by atoms with Crippen LogP contribution in [0.15, 0.2) is 36.4 Å². The Balaban J connectivity index is 1.60. The fourth-order valence-electron chi connectivity index (χ4n) is 3.29. The molecule has 0 aliphatic rings. The summed E-state index contributed by atoms with van der Waals surface area (Å²) in [5, 5.41) is 14.7. The second-order valence-electron chi connectivity index (χ2n) is 7.46. The van der Waals surface area contributed by atoms with Crippen LogP contribution in [0.25, 0.3) is 5.69 Å². The van der Waals surface area contributed by atoms with Crippen LogP contribution in [0.2, 0.25) is 0 Å². The van der Waals surface area contributed by atoms with Crippen LogP contribution in [-0.4, -0.2) is 44.0 Å². The van der Waals surface area contributed by atoms with E-state index in [4.69, 9.17) is 0 Å². The molecule has 2 aromatic heterocycles. The number of amides is 2. The molecule has 28 heavy (non-hydrogen) atoms. The number of nitrogens with zero attached hydrogens (tertiary/aromatic N) is 4. The Morgan fingerprint density at radius 3 is 2.68 bits per heavy atom. The van der Waals surface area contributed by atoms with Crippen molar-refractivity contribution in [3.05, 3.63) is 64.7 Å². The number of hydrogen-bond donors (Lipinski definition) is 2. The fraction of sp³-hybridized carbons (Fsp3) is 0.381. The van der Waals surface area contributed by atoms with Crippen molar-refractivity contribution >= 4 is 6.03 Å². The van der Waals surface area contributed by atoms with E-state index in [1.807, 2.05) is 56.6 Å². The van der Waals surface area contributed by atoms with Gasteiger partial charge in [0.2, 0.25) is 0 Å². The Hall–Kier alpha value is -3.09. The molecule has 2 N–H and O–H groups in total. The Bertz CT molecular complexity index is 957. The molecule has 0 unspecified atom stereocenters. The molecule has 148 valence electrons. The van der Waals surface area contributed by atoms with Crippen molar-refractivity contribution in [3.63, 3.8) is 0 Å². The van der Waals surface area contributed by atoms with Gasteiger partial charge < -0.3 is 10.2 Å². The van der Waals surface area contributed by atoms with Gasteiger partial charge in [0.05, 0.1) is 17.1 Å². The van der Waals surface area contributed by atoms with E-state index in [1.165, 1.54) is 0 Å². The maximum absolute atomic E-state index is 12.5. The van der Waals surface area contributed by atoms with Gasteiger partial charge in [-0.2, -0.15) is 10.2 Å². The highest BCUT2D eigenvalue weighted by atomic mass is 16.2. The van der Waals surface area contributed by atoms with E-state index in [1.54, 1.807) is 11.9 Å². The first kappa shape index (κ1) is 19.7. The lowest BCUT2D eigenvalue weighted by Gasteiger charge is -2.21. The van der Waals surface area contributed by atoms with Crippen LogP contribution in [0, 0.1) is 20.8 Å². The van der Waals surface area contributed by atoms with Crippen LogP contribution < -0.4 is 5.32 Å². The third-order valence-electron chi connectivity index (χ3n) is 4.58. The Labute approximate surface area is 165 Å². The second kappa shape index (κ2) is 8.29. The average molecular weight is 380 g/mol. The van der Waals surface area contributed by atoms with E-state index in [-0.39, 0.29) is 12.1 Å². The predicted octanol–water partition coefficient (Wildman–Crippen LogP) is 3.29. The molecule has 3 rings (SSSR count). The summed E-state index contributed by atoms with van der Waals surface area (Å²) in [6, 6.07) is 12.1. The van der Waals surface area contributed by atoms with Crippen molar-refractivity contribution < 1.29 is 4.79 Å². The van der Waals surface area contributed by atoms with Crippen molar-refractivity contribution in [2.24, 2.45) is 0 Å². The number of H-pyrrole nitrogens is 1. The molecular formula is C21H28N6O. The molecular weight excluding hydrogens is 352 g/mol. The normalized spacial score (nSPS) is 12.0. The number of urea groups is 1. The van der Waals surface area contributed by atoms with Crippen molar-refractivity contribution in [1.29, 1.82) is 0 Å². The fourth-order valence-corrected chi connectivity index (χ4v) is 3.29. The van der Waals surface area contributed by atoms with Gasteiger partial charge in [-0.25, -0.2) is 9.48 Å². The summed E-state index contributed by atoms with van der Waals surface area (Å²) in [7, 11) is 1.80. The molecule has 0 radical (unpaired) electrons. The minimum absolute atomic E-state index is 0.00122. The van der Waals surface area contributed by atoms with Gasteiger partial charge in [0.15, 0.2) is 0 Å². The van der Waals surface area contributed by atoms with Gasteiger partial charge in [0.1, 0.15) is 0 Å². The van der Waals surface area contributed by atoms with E-state index in [0.29, 0.717) is 13.0 Å². The molecule has 1 atom stereocenters. The number of benzene rings is 1. The lowest BCUT2D eigenvalue weighted by Crippen LogP contribution is -2.42. The lowest BCUT2D eigenvalue weighted by molar-refractivity contribution is 0.203. The first-order chi connectivity index (χ1) is 13.3. The Morgan fingerprint density at radius 2 is 2.04 bits per heavy atom. The Kier molecular flexibility index (Phi) is 5.82. The average Bonchev–Trinajstić information content (AvgIpc) is 3.19. The van der Waals surface area contributed by atoms with Gasteiger partial charge >= 0.3 is 6.03 Å². The number of nitrogens with one attached hydrogen (secondary N) is 2. The monoisotopic (exact) mass is 380 g/mol. The summed E-state index contributed by atoms with van der Waals surface area (Å²) >= 11 is 0. The zero-order valence-electron chi connectivity index (χ0n) is 17.2. The molecule has 2 heterocycles. The highest BCUT2D eigenvalue weighted by molar-refractivity contribution is 5.74. The third-order valence-corrected chi connectivity index (χ3v) is 4.58. The second-order valence-corrected chi connectivity index (χ2v) is 7.46. The molecule has 0 aliphatic carbocycles. The minimum atomic E-state index is -0.101. The predicted molar refractivity (Wildman–Crippen MR) is 110 cm³/mol. The molecule has 2 amide bonds. The van der Waals surface area contributed by atoms with Crippen molar-refractivity contribution in [3.8, 4) is 5.69 Å². The zero-order chi connectivity index (χ0) is 20.3. The van der Waals surface area contributed by atoms with Gasteiger partial charge in [-0.1, -0.05) is 12.1 Å². The molecule has 0 aliphatic heterocycles. The number of aromatic nitrogens is 4. The quantitative estimate of drug-likeness (QED) is 0.689. The van der Waals surface area contributed by atoms with Gasteiger partial charge in [0, 0.05) is 37.4 Å². The summed E-state index contributed by atoms with van der Waals surface area (Å²) in [5.74, 6) is 0. The SMILES string of the molecule is Cc1cc(C)n(-c2cccc(CN(C)C(=O)N[C@H](C)Cc3cc(C)[nH]n3)c2)n1. The molecule has 1 aromatic carbocycles. The number of rotatable bonds is 6. The van der Waals surface area contributed by atoms with Gasteiger partial charge in [-0.3, -0.25) is 5.10 Å². The Morgan fingerprint density at radius 1 is 1.25 bits per heavy atom. The molecule has 7 nitrogen and oxygen atoms in total. The number of aryl methyl sites for hydroxylation is 3. The van der Waals surface area contributed by atoms with Crippen LogP contribution in [0.5, 0.6) is 0 Å². The molecule has 0 fully saturated rings. The van der Waals surface area contributed by atoms with Crippen molar-refractivity contribution in [2.45, 2.75) is 46.7 Å². The maximum atomic E-state index is 12.5. The standard InChI is InChI=1S/C21H28N6O/c1-14(10-19-11-15(2)23-24-19)22-21(28)26(5)13-18-7-6-8-20(12-18)27-17(4)9-16(3)25-27/h6-9,11-12,14H,10,13H2,1-5H3,(H,22,28)(H,23,24)/t14-/m1/s1. The van der Waals surface area contributed by atoms with E-state index < -0.39 is 0 Å². The van der Waals surface area contributed by atoms with Crippen LogP contribution in [0.3, 0.4) is 0 Å². The molecule has 0 spiro atoms. The zero-order valence-corrected chi connectivity index (χ0v) is 17.2. The maximum Gasteiger partial charge on any atom is 0.317 e. The van der Waals surface area contributed by atoms with Crippen molar-refractivity contribution in [2.75, 3.05) is 7.05 Å². The molecule has 0 bridgehead atoms. The van der Waals surface area contributed by atoms with Crippen LogP contribution in [0.4, 0.5) is 4.79 Å². The molecule has 3 aromatic rings. The summed E-state index contributed by atoms with van der Waals surface area (Å²) < 4.78 is 1.92. The van der Waals surface area contributed by atoms with Crippen LogP contribution >= 0.6 is 0 Å². The highest BCUT2D eigenvalue weighted by Gasteiger charge is 2.14. The largest absolute Gasteiger partial charge is 0.335 e.